The molecule has 0 unspecified atom stereocenters. The average molecular weight is 228 g/mol. The Bertz CT molecular complexity index is 140. The average Bonchev–Trinajstić information content (AvgIpc) is 2.31. The van der Waals surface area contributed by atoms with Crippen LogP contribution in [-0.4, -0.2) is 22.9 Å². The molecule has 0 aliphatic heterocycles. The van der Waals surface area contributed by atoms with Crippen LogP contribution >= 0.6 is 0 Å². The van der Waals surface area contributed by atoms with Crippen LogP contribution in [0.1, 0.15) is 64.2 Å². The van der Waals surface area contributed by atoms with Crippen LogP contribution in [0.25, 0.3) is 0 Å². The van der Waals surface area contributed by atoms with Crippen LogP contribution in [0.2, 0.25) is 0 Å². The molecule has 1 fully saturated rings. The smallest absolute Gasteiger partial charge is 0.0540 e. The first-order valence-corrected chi connectivity index (χ1v) is 6.71. The minimum absolute atomic E-state index is 0.0359. The molecule has 0 aromatic rings. The van der Waals surface area contributed by atoms with Crippen LogP contribution in [0.15, 0.2) is 12.7 Å². The number of aliphatic hydroxyl groups is 2. The molecular formula is C14H28O2. The summed E-state index contributed by atoms with van der Waals surface area (Å²) >= 11 is 0. The third-order valence-electron chi connectivity index (χ3n) is 2.89. The number of rotatable bonds is 6. The standard InChI is InChI=1S/C8H16O.C6H12O/c1-2-3-4-5-6-7-8-9;7-6-4-2-1-3-5-6/h2,9H,1,3-8H2;6-7H,1-5H2. The van der Waals surface area contributed by atoms with Crippen molar-refractivity contribution in [3.8, 4) is 0 Å². The fraction of sp³-hybridized carbons (Fsp3) is 0.857. The maximum atomic E-state index is 8.91. The maximum Gasteiger partial charge on any atom is 0.0540 e. The van der Waals surface area contributed by atoms with Crippen molar-refractivity contribution >= 4 is 0 Å². The highest BCUT2D eigenvalue weighted by Gasteiger charge is 2.07. The van der Waals surface area contributed by atoms with Crippen LogP contribution < -0.4 is 0 Å². The van der Waals surface area contributed by atoms with E-state index in [0.29, 0.717) is 6.61 Å². The quantitative estimate of drug-likeness (QED) is 0.540. The van der Waals surface area contributed by atoms with Crippen molar-refractivity contribution in [2.75, 3.05) is 6.61 Å². The van der Waals surface area contributed by atoms with E-state index in [1.165, 1.54) is 32.1 Å². The Labute approximate surface area is 100 Å². The predicted octanol–water partition coefficient (Wildman–Crippen LogP) is 3.43. The van der Waals surface area contributed by atoms with Crippen molar-refractivity contribution in [3.05, 3.63) is 12.7 Å². The second kappa shape index (κ2) is 12.7. The van der Waals surface area contributed by atoms with Crippen molar-refractivity contribution in [2.24, 2.45) is 0 Å². The van der Waals surface area contributed by atoms with Gasteiger partial charge >= 0.3 is 0 Å². The van der Waals surface area contributed by atoms with Gasteiger partial charge in [-0.05, 0) is 32.1 Å². The lowest BCUT2D eigenvalue weighted by Gasteiger charge is -2.14. The zero-order valence-corrected chi connectivity index (χ0v) is 10.5. The van der Waals surface area contributed by atoms with Gasteiger partial charge in [-0.1, -0.05) is 38.2 Å². The van der Waals surface area contributed by atoms with Crippen LogP contribution in [0, 0.1) is 0 Å². The molecule has 0 radical (unpaired) electrons. The first-order valence-electron chi connectivity index (χ1n) is 6.71. The summed E-state index contributed by atoms with van der Waals surface area (Å²) < 4.78 is 0. The zero-order valence-electron chi connectivity index (χ0n) is 10.5. The van der Waals surface area contributed by atoms with Gasteiger partial charge in [0.25, 0.3) is 0 Å². The number of hydrogen-bond acceptors (Lipinski definition) is 2. The Morgan fingerprint density at radius 2 is 1.62 bits per heavy atom. The largest absolute Gasteiger partial charge is 0.396 e. The second-order valence-electron chi connectivity index (χ2n) is 4.51. The molecule has 1 rings (SSSR count). The summed E-state index contributed by atoms with van der Waals surface area (Å²) in [7, 11) is 0. The maximum absolute atomic E-state index is 8.91. The lowest BCUT2D eigenvalue weighted by molar-refractivity contribution is 0.130. The molecule has 96 valence electrons. The number of hydrogen-bond donors (Lipinski definition) is 2. The van der Waals surface area contributed by atoms with Crippen LogP contribution in [0.3, 0.4) is 0 Å². The molecule has 1 saturated carbocycles. The van der Waals surface area contributed by atoms with Gasteiger partial charge < -0.3 is 10.2 Å². The molecule has 2 N–H and O–H groups in total. The van der Waals surface area contributed by atoms with Gasteiger partial charge in [0.05, 0.1) is 6.10 Å². The van der Waals surface area contributed by atoms with Gasteiger partial charge in [0.2, 0.25) is 0 Å². The Morgan fingerprint density at radius 1 is 1.00 bits per heavy atom. The molecule has 2 nitrogen and oxygen atoms in total. The topological polar surface area (TPSA) is 40.5 Å². The molecule has 1 aliphatic carbocycles. The Morgan fingerprint density at radius 3 is 2.06 bits per heavy atom. The molecule has 0 spiro atoms. The van der Waals surface area contributed by atoms with Crippen molar-refractivity contribution in [1.82, 2.24) is 0 Å². The molecule has 1 aliphatic rings. The van der Waals surface area contributed by atoms with Crippen molar-refractivity contribution in [2.45, 2.75) is 70.3 Å². The Kier molecular flexibility index (Phi) is 12.5. The van der Waals surface area contributed by atoms with E-state index >= 15 is 0 Å². The van der Waals surface area contributed by atoms with Crippen molar-refractivity contribution < 1.29 is 10.2 Å². The van der Waals surface area contributed by atoms with E-state index in [-0.39, 0.29) is 6.10 Å². The fourth-order valence-electron chi connectivity index (χ4n) is 1.84. The number of aliphatic hydroxyl groups excluding tert-OH is 2. The summed E-state index contributed by atoms with van der Waals surface area (Å²) in [6.45, 7) is 3.97. The SMILES string of the molecule is C=CCCCCCCO.OC1CCCCC1. The highest BCUT2D eigenvalue weighted by molar-refractivity contribution is 4.65. The van der Waals surface area contributed by atoms with Gasteiger partial charge in [-0.2, -0.15) is 0 Å². The molecule has 16 heavy (non-hydrogen) atoms. The van der Waals surface area contributed by atoms with Gasteiger partial charge in [0.15, 0.2) is 0 Å². The van der Waals surface area contributed by atoms with Crippen LogP contribution in [0.5, 0.6) is 0 Å². The van der Waals surface area contributed by atoms with E-state index in [0.717, 1.165) is 32.1 Å². The summed E-state index contributed by atoms with van der Waals surface area (Å²) in [4.78, 5) is 0. The first-order chi connectivity index (χ1) is 7.81. The normalized spacial score (nSPS) is 16.4. The van der Waals surface area contributed by atoms with E-state index in [4.69, 9.17) is 10.2 Å². The van der Waals surface area contributed by atoms with Gasteiger partial charge in [0.1, 0.15) is 0 Å². The summed E-state index contributed by atoms with van der Waals surface area (Å²) in [5.41, 5.74) is 0. The van der Waals surface area contributed by atoms with Crippen LogP contribution in [0.4, 0.5) is 0 Å². The van der Waals surface area contributed by atoms with Crippen molar-refractivity contribution in [1.29, 1.82) is 0 Å². The molecule has 0 heterocycles. The molecule has 2 heteroatoms. The third kappa shape index (κ3) is 11.7. The molecule has 0 bridgehead atoms. The van der Waals surface area contributed by atoms with Crippen molar-refractivity contribution in [3.63, 3.8) is 0 Å². The second-order valence-corrected chi connectivity index (χ2v) is 4.51. The summed E-state index contributed by atoms with van der Waals surface area (Å²) in [6, 6.07) is 0. The molecule has 0 amide bonds. The molecule has 0 saturated heterocycles. The van der Waals surface area contributed by atoms with Gasteiger partial charge in [-0.25, -0.2) is 0 Å². The summed E-state index contributed by atoms with van der Waals surface area (Å²) in [5.74, 6) is 0. The first kappa shape index (κ1) is 15.7. The Balaban J connectivity index is 0.000000288. The molecule has 0 aromatic carbocycles. The molecular weight excluding hydrogens is 200 g/mol. The predicted molar refractivity (Wildman–Crippen MR) is 69.5 cm³/mol. The van der Waals surface area contributed by atoms with E-state index in [2.05, 4.69) is 6.58 Å². The van der Waals surface area contributed by atoms with E-state index in [9.17, 15) is 0 Å². The molecule has 0 aromatic heterocycles. The van der Waals surface area contributed by atoms with Gasteiger partial charge in [0, 0.05) is 6.61 Å². The lowest BCUT2D eigenvalue weighted by atomic mass is 9.98. The summed E-state index contributed by atoms with van der Waals surface area (Å²) in [6.07, 6.45) is 13.6. The monoisotopic (exact) mass is 228 g/mol. The summed E-state index contributed by atoms with van der Waals surface area (Å²) in [5, 5.41) is 17.3. The highest BCUT2D eigenvalue weighted by atomic mass is 16.3. The van der Waals surface area contributed by atoms with E-state index in [1.807, 2.05) is 6.08 Å². The van der Waals surface area contributed by atoms with Crippen LogP contribution in [-0.2, 0) is 0 Å². The van der Waals surface area contributed by atoms with E-state index in [1.54, 1.807) is 0 Å². The minimum Gasteiger partial charge on any atom is -0.396 e. The Hall–Kier alpha value is -0.340. The number of unbranched alkanes of at least 4 members (excludes halogenated alkanes) is 4. The number of allylic oxidation sites excluding steroid dienone is 1. The zero-order chi connectivity index (χ0) is 12.1. The van der Waals surface area contributed by atoms with Gasteiger partial charge in [-0.15, -0.1) is 6.58 Å². The fourth-order valence-corrected chi connectivity index (χ4v) is 1.84. The third-order valence-corrected chi connectivity index (χ3v) is 2.89. The lowest BCUT2D eigenvalue weighted by Crippen LogP contribution is -2.09. The van der Waals surface area contributed by atoms with Gasteiger partial charge in [-0.3, -0.25) is 0 Å². The van der Waals surface area contributed by atoms with E-state index < -0.39 is 0 Å². The highest BCUT2D eigenvalue weighted by Crippen LogP contribution is 2.16. The molecule has 0 atom stereocenters. The minimum atomic E-state index is 0.0359.